The summed E-state index contributed by atoms with van der Waals surface area (Å²) in [6.07, 6.45) is 5.03. The molecule has 0 aliphatic carbocycles. The van der Waals surface area contributed by atoms with Crippen LogP contribution in [0.1, 0.15) is 22.8 Å². The number of hydrogen-bond donors (Lipinski definition) is 0. The summed E-state index contributed by atoms with van der Waals surface area (Å²) < 4.78 is 0. The van der Waals surface area contributed by atoms with Gasteiger partial charge in [0.15, 0.2) is 0 Å². The summed E-state index contributed by atoms with van der Waals surface area (Å²) in [5, 5.41) is 0. The van der Waals surface area contributed by atoms with Gasteiger partial charge in [-0.05, 0) is 13.0 Å². The van der Waals surface area contributed by atoms with Gasteiger partial charge in [-0.1, -0.05) is 24.8 Å². The van der Waals surface area contributed by atoms with Crippen molar-refractivity contribution < 1.29 is 9.59 Å². The first-order chi connectivity index (χ1) is 13.1. The van der Waals surface area contributed by atoms with Gasteiger partial charge in [0.05, 0.1) is 6.20 Å². The van der Waals surface area contributed by atoms with E-state index in [9.17, 15) is 9.59 Å². The number of carbonyl (C=O) groups excluding carboxylic acids is 2. The fourth-order valence-electron chi connectivity index (χ4n) is 3.70. The zero-order chi connectivity index (χ0) is 19.0. The monoisotopic (exact) mass is 363 g/mol. The highest BCUT2D eigenvalue weighted by molar-refractivity contribution is 6.10. The molecule has 4 rings (SSSR count). The molecule has 1 fully saturated rings. The molecule has 7 heteroatoms. The third-order valence-electron chi connectivity index (χ3n) is 5.19. The molecule has 0 saturated carbocycles. The number of aromatic nitrogens is 2. The number of anilines is 1. The van der Waals surface area contributed by atoms with E-state index in [1.807, 2.05) is 18.2 Å². The van der Waals surface area contributed by atoms with Crippen molar-refractivity contribution in [3.8, 4) is 0 Å². The lowest BCUT2D eigenvalue weighted by atomic mass is 10.1. The Kier molecular flexibility index (Phi) is 4.35. The van der Waals surface area contributed by atoms with E-state index in [4.69, 9.17) is 0 Å². The highest BCUT2D eigenvalue weighted by atomic mass is 16.2. The molecule has 2 amide bonds. The SMILES string of the molecule is C=C1c2ccccc2C(=O)N1[C@@H](C)C(=O)N1CCN(c2cnccn2)CC1. The van der Waals surface area contributed by atoms with Gasteiger partial charge in [-0.25, -0.2) is 4.98 Å². The molecule has 27 heavy (non-hydrogen) atoms. The van der Waals surface area contributed by atoms with E-state index in [1.54, 1.807) is 36.5 Å². The second-order valence-corrected chi connectivity index (χ2v) is 6.72. The normalized spacial score (nSPS) is 17.9. The molecule has 0 bridgehead atoms. The van der Waals surface area contributed by atoms with Gasteiger partial charge in [0.2, 0.25) is 5.91 Å². The van der Waals surface area contributed by atoms with Crippen molar-refractivity contribution in [2.45, 2.75) is 13.0 Å². The molecule has 0 unspecified atom stereocenters. The van der Waals surface area contributed by atoms with E-state index in [-0.39, 0.29) is 11.8 Å². The number of benzene rings is 1. The Bertz CT molecular complexity index is 855. The summed E-state index contributed by atoms with van der Waals surface area (Å²) >= 11 is 0. The average molecular weight is 363 g/mol. The second kappa shape index (κ2) is 6.83. The molecule has 1 aromatic heterocycles. The molecule has 7 nitrogen and oxygen atoms in total. The lowest BCUT2D eigenvalue weighted by Crippen LogP contribution is -2.54. The minimum Gasteiger partial charge on any atom is -0.352 e. The van der Waals surface area contributed by atoms with Crippen LogP contribution in [0.2, 0.25) is 0 Å². The molecule has 1 atom stereocenters. The van der Waals surface area contributed by atoms with E-state index in [0.717, 1.165) is 11.4 Å². The lowest BCUT2D eigenvalue weighted by Gasteiger charge is -2.37. The predicted octanol–water partition coefficient (Wildman–Crippen LogP) is 1.64. The Morgan fingerprint density at radius 2 is 1.81 bits per heavy atom. The Morgan fingerprint density at radius 3 is 2.44 bits per heavy atom. The molecule has 2 aliphatic rings. The van der Waals surface area contributed by atoms with Crippen molar-refractivity contribution in [2.75, 3.05) is 31.1 Å². The van der Waals surface area contributed by atoms with Gasteiger partial charge in [-0.3, -0.25) is 19.5 Å². The quantitative estimate of drug-likeness (QED) is 0.829. The standard InChI is InChI=1S/C20H21N5O2/c1-14-16-5-3-4-6-17(16)20(27)25(14)15(2)19(26)24-11-9-23(10-12-24)18-13-21-7-8-22-18/h3-8,13,15H,1,9-12H2,2H3/t15-/m0/s1. The largest absolute Gasteiger partial charge is 0.352 e. The maximum Gasteiger partial charge on any atom is 0.259 e. The number of piperazine rings is 1. The van der Waals surface area contributed by atoms with Gasteiger partial charge >= 0.3 is 0 Å². The molecule has 0 N–H and O–H groups in total. The zero-order valence-electron chi connectivity index (χ0n) is 15.2. The van der Waals surface area contributed by atoms with Crippen LogP contribution in [0.4, 0.5) is 5.82 Å². The van der Waals surface area contributed by atoms with Crippen LogP contribution in [0.15, 0.2) is 49.4 Å². The van der Waals surface area contributed by atoms with Crippen LogP contribution in [-0.4, -0.2) is 63.8 Å². The highest BCUT2D eigenvalue weighted by Crippen LogP contribution is 2.33. The number of carbonyl (C=O) groups is 2. The van der Waals surface area contributed by atoms with Crippen LogP contribution in [0, 0.1) is 0 Å². The topological polar surface area (TPSA) is 69.6 Å². The summed E-state index contributed by atoms with van der Waals surface area (Å²) in [6.45, 7) is 8.35. The summed E-state index contributed by atoms with van der Waals surface area (Å²) in [5.74, 6) is 0.599. The van der Waals surface area contributed by atoms with Crippen LogP contribution in [0.5, 0.6) is 0 Å². The number of amides is 2. The average Bonchev–Trinajstić information content (AvgIpc) is 2.98. The van der Waals surface area contributed by atoms with Crippen LogP contribution < -0.4 is 4.90 Å². The van der Waals surface area contributed by atoms with Gasteiger partial charge in [-0.15, -0.1) is 0 Å². The molecule has 1 saturated heterocycles. The van der Waals surface area contributed by atoms with Gasteiger partial charge in [0.25, 0.3) is 5.91 Å². The van der Waals surface area contributed by atoms with E-state index in [0.29, 0.717) is 37.4 Å². The van der Waals surface area contributed by atoms with Gasteiger partial charge in [-0.2, -0.15) is 0 Å². The maximum atomic E-state index is 13.0. The van der Waals surface area contributed by atoms with E-state index in [1.165, 1.54) is 4.90 Å². The third-order valence-corrected chi connectivity index (χ3v) is 5.19. The van der Waals surface area contributed by atoms with Crippen molar-refractivity contribution in [1.29, 1.82) is 0 Å². The van der Waals surface area contributed by atoms with Crippen molar-refractivity contribution in [2.24, 2.45) is 0 Å². The zero-order valence-corrected chi connectivity index (χ0v) is 15.2. The van der Waals surface area contributed by atoms with Crippen molar-refractivity contribution >= 4 is 23.3 Å². The molecule has 2 aliphatic heterocycles. The molecule has 0 spiro atoms. The van der Waals surface area contributed by atoms with Crippen LogP contribution in [0.3, 0.4) is 0 Å². The highest BCUT2D eigenvalue weighted by Gasteiger charge is 2.38. The molecular formula is C20H21N5O2. The van der Waals surface area contributed by atoms with Crippen molar-refractivity contribution in [1.82, 2.24) is 19.8 Å². The number of hydrogen-bond acceptors (Lipinski definition) is 5. The maximum absolute atomic E-state index is 13.0. The Morgan fingerprint density at radius 1 is 1.11 bits per heavy atom. The van der Waals surface area contributed by atoms with Crippen molar-refractivity contribution in [3.63, 3.8) is 0 Å². The summed E-state index contributed by atoms with van der Waals surface area (Å²) in [7, 11) is 0. The van der Waals surface area contributed by atoms with Crippen LogP contribution in [0.25, 0.3) is 5.70 Å². The Labute approximate surface area is 157 Å². The molecule has 1 aromatic carbocycles. The third kappa shape index (κ3) is 2.95. The smallest absolute Gasteiger partial charge is 0.259 e. The Hall–Kier alpha value is -3.22. The first-order valence-corrected chi connectivity index (χ1v) is 8.99. The first-order valence-electron chi connectivity index (χ1n) is 8.99. The van der Waals surface area contributed by atoms with Gasteiger partial charge in [0, 0.05) is 55.4 Å². The lowest BCUT2D eigenvalue weighted by molar-refractivity contribution is -0.134. The minimum atomic E-state index is -0.583. The summed E-state index contributed by atoms with van der Waals surface area (Å²) in [6, 6.07) is 6.76. The van der Waals surface area contributed by atoms with Gasteiger partial charge < -0.3 is 9.80 Å². The first kappa shape index (κ1) is 17.2. The number of rotatable bonds is 3. The van der Waals surface area contributed by atoms with Crippen LogP contribution >= 0.6 is 0 Å². The minimum absolute atomic E-state index is 0.0592. The Balaban J connectivity index is 1.44. The van der Waals surface area contributed by atoms with E-state index in [2.05, 4.69) is 21.4 Å². The molecule has 138 valence electrons. The second-order valence-electron chi connectivity index (χ2n) is 6.72. The van der Waals surface area contributed by atoms with Crippen molar-refractivity contribution in [3.05, 3.63) is 60.6 Å². The number of nitrogens with zero attached hydrogens (tertiary/aromatic N) is 5. The van der Waals surface area contributed by atoms with Gasteiger partial charge in [0.1, 0.15) is 11.9 Å². The summed E-state index contributed by atoms with van der Waals surface area (Å²) in [5.41, 5.74) is 2.00. The number of fused-ring (bicyclic) bond motifs is 1. The van der Waals surface area contributed by atoms with E-state index >= 15 is 0 Å². The summed E-state index contributed by atoms with van der Waals surface area (Å²) in [4.78, 5) is 39.6. The fourth-order valence-corrected chi connectivity index (χ4v) is 3.70. The molecule has 2 aromatic rings. The fraction of sp³-hybridized carbons (Fsp3) is 0.300. The predicted molar refractivity (Wildman–Crippen MR) is 102 cm³/mol. The van der Waals surface area contributed by atoms with Crippen LogP contribution in [-0.2, 0) is 4.79 Å². The molecule has 3 heterocycles. The molecule has 0 radical (unpaired) electrons. The molecular weight excluding hydrogens is 342 g/mol. The van der Waals surface area contributed by atoms with E-state index < -0.39 is 6.04 Å².